The molecule has 0 aromatic rings. The maximum absolute atomic E-state index is 13.2. The number of carbonyl (C=O) groups excluding carboxylic acids is 4. The van der Waals surface area contributed by atoms with Gasteiger partial charge in [-0.05, 0) is 25.3 Å². The Morgan fingerprint density at radius 2 is 2.03 bits per heavy atom. The molecule has 0 aromatic carbocycles. The first-order chi connectivity index (χ1) is 16.0. The molecule has 2 heterocycles. The van der Waals surface area contributed by atoms with Crippen LogP contribution in [0.15, 0.2) is 34.6 Å². The number of aliphatic carboxylic acids is 1. The average molecular weight is 495 g/mol. The fourth-order valence-electron chi connectivity index (χ4n) is 3.95. The number of hydrogen-bond donors (Lipinski definition) is 4. The van der Waals surface area contributed by atoms with Crippen LogP contribution in [-0.4, -0.2) is 76.4 Å². The lowest BCUT2D eigenvalue weighted by atomic mass is 9.93. The fourth-order valence-corrected chi connectivity index (χ4v) is 5.37. The molecule has 1 fully saturated rings. The molecule has 0 spiro atoms. The van der Waals surface area contributed by atoms with Gasteiger partial charge in [0.05, 0.1) is 0 Å². The number of carboxylic acids is 1. The van der Waals surface area contributed by atoms with E-state index in [0.717, 1.165) is 22.2 Å². The summed E-state index contributed by atoms with van der Waals surface area (Å²) >= 11 is 1.15. The summed E-state index contributed by atoms with van der Waals surface area (Å²) < 4.78 is 10.3. The van der Waals surface area contributed by atoms with E-state index in [4.69, 9.17) is 15.2 Å². The maximum Gasteiger partial charge on any atom is 0.352 e. The van der Waals surface area contributed by atoms with Gasteiger partial charge in [-0.25, -0.2) is 9.59 Å². The van der Waals surface area contributed by atoms with E-state index < -0.39 is 46.9 Å². The summed E-state index contributed by atoms with van der Waals surface area (Å²) in [5.74, 6) is -3.36. The molecular formula is C21H26N4O8S. The highest BCUT2D eigenvalue weighted by Crippen LogP contribution is 2.46. The van der Waals surface area contributed by atoms with Gasteiger partial charge >= 0.3 is 18.0 Å². The van der Waals surface area contributed by atoms with E-state index in [1.807, 2.05) is 19.1 Å². The minimum atomic E-state index is -1.85. The molecular weight excluding hydrogens is 468 g/mol. The van der Waals surface area contributed by atoms with Crippen molar-refractivity contribution in [2.75, 3.05) is 19.5 Å². The quantitative estimate of drug-likeness (QED) is 0.156. The van der Waals surface area contributed by atoms with E-state index in [0.29, 0.717) is 18.4 Å². The summed E-state index contributed by atoms with van der Waals surface area (Å²) in [4.78, 5) is 62.0. The third-order valence-electron chi connectivity index (χ3n) is 5.69. The number of esters is 1. The first-order valence-corrected chi connectivity index (χ1v) is 11.4. The monoisotopic (exact) mass is 494 g/mol. The van der Waals surface area contributed by atoms with Gasteiger partial charge in [0.15, 0.2) is 0 Å². The second-order valence-corrected chi connectivity index (χ2v) is 9.05. The van der Waals surface area contributed by atoms with Crippen molar-refractivity contribution in [2.45, 2.75) is 43.8 Å². The van der Waals surface area contributed by atoms with Crippen LogP contribution in [0.2, 0.25) is 0 Å². The Labute approximate surface area is 199 Å². The molecule has 184 valence electrons. The smallest absolute Gasteiger partial charge is 0.352 e. The highest BCUT2D eigenvalue weighted by atomic mass is 32.2. The average Bonchev–Trinajstić information content (AvgIpc) is 2.78. The third kappa shape index (κ3) is 4.66. The molecule has 34 heavy (non-hydrogen) atoms. The van der Waals surface area contributed by atoms with Gasteiger partial charge in [0.25, 0.3) is 11.6 Å². The number of hydrogen-bond acceptors (Lipinski definition) is 8. The topological polar surface area (TPSA) is 177 Å². The molecule has 3 atom stereocenters. The summed E-state index contributed by atoms with van der Waals surface area (Å²) in [5, 5.41) is 13.8. The number of amides is 4. The Kier molecular flexibility index (Phi) is 7.36. The van der Waals surface area contributed by atoms with Gasteiger partial charge in [-0.1, -0.05) is 17.7 Å². The summed E-state index contributed by atoms with van der Waals surface area (Å²) in [6.07, 6.45) is 4.74. The van der Waals surface area contributed by atoms with Crippen LogP contribution in [0.25, 0.3) is 0 Å². The third-order valence-corrected chi connectivity index (χ3v) is 7.06. The van der Waals surface area contributed by atoms with E-state index in [-0.39, 0.29) is 23.6 Å². The molecule has 1 saturated heterocycles. The second-order valence-electron chi connectivity index (χ2n) is 7.98. The number of allylic oxidation sites excluding steroid dienone is 3. The number of primary amides is 1. The number of carbonyl (C=O) groups is 5. The van der Waals surface area contributed by atoms with E-state index in [2.05, 4.69) is 10.6 Å². The number of nitrogens with zero attached hydrogens (tertiary/aromatic N) is 1. The van der Waals surface area contributed by atoms with Gasteiger partial charge < -0.3 is 30.9 Å². The molecule has 0 aromatic heterocycles. The summed E-state index contributed by atoms with van der Waals surface area (Å²) in [5.41, 5.74) is 5.05. The molecule has 12 nitrogen and oxygen atoms in total. The van der Waals surface area contributed by atoms with Crippen LogP contribution >= 0.6 is 11.8 Å². The Bertz CT molecular complexity index is 1040. The SMILES string of the molecule is CO[C@]1(NC(=O)C(NC(N)=O)C2=CCC(C)=CC2)C(=O)N2C(C(=O)O)=C(COC(C)=O)CS[C@@H]21. The van der Waals surface area contributed by atoms with Crippen molar-refractivity contribution in [1.29, 1.82) is 0 Å². The van der Waals surface area contributed by atoms with E-state index in [9.17, 15) is 29.1 Å². The number of carboxylic acid groups (broad SMARTS) is 1. The van der Waals surface area contributed by atoms with Gasteiger partial charge in [-0.2, -0.15) is 0 Å². The number of urea groups is 1. The normalized spacial score (nSPS) is 24.7. The van der Waals surface area contributed by atoms with Gasteiger partial charge in [-0.15, -0.1) is 11.8 Å². The van der Waals surface area contributed by atoms with Gasteiger partial charge in [0.2, 0.25) is 5.91 Å². The largest absolute Gasteiger partial charge is 0.477 e. The Morgan fingerprint density at radius 3 is 2.56 bits per heavy atom. The predicted molar refractivity (Wildman–Crippen MR) is 120 cm³/mol. The van der Waals surface area contributed by atoms with E-state index >= 15 is 0 Å². The Hall–Kier alpha value is -3.32. The maximum atomic E-state index is 13.2. The number of thioether (sulfide) groups is 1. The van der Waals surface area contributed by atoms with Crippen molar-refractivity contribution in [3.05, 3.63) is 34.6 Å². The minimum Gasteiger partial charge on any atom is -0.477 e. The van der Waals surface area contributed by atoms with Gasteiger partial charge in [0, 0.05) is 25.4 Å². The lowest BCUT2D eigenvalue weighted by Gasteiger charge is -2.56. The van der Waals surface area contributed by atoms with Crippen LogP contribution < -0.4 is 16.4 Å². The van der Waals surface area contributed by atoms with Crippen molar-refractivity contribution in [1.82, 2.24) is 15.5 Å². The molecule has 4 amide bonds. The number of nitrogens with two attached hydrogens (primary N) is 1. The zero-order valence-electron chi connectivity index (χ0n) is 18.9. The molecule has 13 heteroatoms. The zero-order chi connectivity index (χ0) is 25.2. The highest BCUT2D eigenvalue weighted by molar-refractivity contribution is 8.00. The molecule has 1 unspecified atom stereocenters. The highest BCUT2D eigenvalue weighted by Gasteiger charge is 2.67. The summed E-state index contributed by atoms with van der Waals surface area (Å²) in [7, 11) is 1.22. The van der Waals surface area contributed by atoms with Crippen molar-refractivity contribution in [3.63, 3.8) is 0 Å². The molecule has 0 bridgehead atoms. The second kappa shape index (κ2) is 9.89. The summed E-state index contributed by atoms with van der Waals surface area (Å²) in [6.45, 7) is 2.85. The van der Waals surface area contributed by atoms with Gasteiger partial charge in [0.1, 0.15) is 23.7 Å². The lowest BCUT2D eigenvalue weighted by Crippen LogP contribution is -2.81. The first kappa shape index (κ1) is 25.3. The van der Waals surface area contributed by atoms with E-state index in [1.54, 1.807) is 0 Å². The van der Waals surface area contributed by atoms with Crippen LogP contribution in [0.5, 0.6) is 0 Å². The van der Waals surface area contributed by atoms with Crippen molar-refractivity contribution in [3.8, 4) is 0 Å². The standard InChI is InChI=1S/C21H26N4O8S/c1-10-4-6-12(7-5-10)14(23-20(22)31)16(27)24-21(32-3)18(30)25-15(17(28)29)13(8-33-11(2)26)9-34-19(21)25/h4,7,14,19H,5-6,8-9H2,1-3H3,(H,24,27)(H,28,29)(H3,22,23,31)/t14?,19-,21-/m1/s1. The van der Waals surface area contributed by atoms with Crippen LogP contribution in [0.3, 0.4) is 0 Å². The molecule has 0 saturated carbocycles. The number of methoxy groups -OCH3 is 1. The van der Waals surface area contributed by atoms with Gasteiger partial charge in [-0.3, -0.25) is 19.3 Å². The van der Waals surface area contributed by atoms with Crippen LogP contribution in [0.4, 0.5) is 4.79 Å². The minimum absolute atomic E-state index is 0.128. The van der Waals surface area contributed by atoms with Crippen LogP contribution in [0, 0.1) is 0 Å². The molecule has 5 N–H and O–H groups in total. The summed E-state index contributed by atoms with van der Waals surface area (Å²) in [6, 6.07) is -2.06. The molecule has 2 aliphatic heterocycles. The Morgan fingerprint density at radius 1 is 1.32 bits per heavy atom. The molecule has 3 rings (SSSR count). The van der Waals surface area contributed by atoms with Crippen LogP contribution in [-0.2, 0) is 28.7 Å². The van der Waals surface area contributed by atoms with Crippen molar-refractivity contribution in [2.24, 2.45) is 5.73 Å². The fraction of sp³-hybridized carbons (Fsp3) is 0.476. The first-order valence-electron chi connectivity index (χ1n) is 10.3. The van der Waals surface area contributed by atoms with Crippen molar-refractivity contribution >= 4 is 41.5 Å². The number of nitrogens with one attached hydrogen (secondary N) is 2. The van der Waals surface area contributed by atoms with Crippen molar-refractivity contribution < 1.29 is 38.6 Å². The number of β-lactam (4-membered cyclic amide) rings is 1. The number of ether oxygens (including phenoxy) is 2. The Balaban J connectivity index is 1.86. The zero-order valence-corrected chi connectivity index (χ0v) is 19.7. The van der Waals surface area contributed by atoms with Crippen LogP contribution in [0.1, 0.15) is 26.7 Å². The number of fused-ring (bicyclic) bond motifs is 1. The number of rotatable bonds is 8. The molecule has 3 aliphatic rings. The molecule has 0 radical (unpaired) electrons. The predicted octanol–water partition coefficient (Wildman–Crippen LogP) is -0.0344. The molecule has 1 aliphatic carbocycles. The lowest BCUT2D eigenvalue weighted by molar-refractivity contribution is -0.192. The van der Waals surface area contributed by atoms with E-state index in [1.165, 1.54) is 14.0 Å².